The maximum absolute atomic E-state index is 12.5. The zero-order valence-corrected chi connectivity index (χ0v) is 15.0. The van der Waals surface area contributed by atoms with Crippen LogP contribution in [0.2, 0.25) is 0 Å². The summed E-state index contributed by atoms with van der Waals surface area (Å²) in [5.41, 5.74) is 2.85. The lowest BCUT2D eigenvalue weighted by Gasteiger charge is -2.34. The van der Waals surface area contributed by atoms with Crippen LogP contribution in [0.1, 0.15) is 44.6 Å². The Hall–Kier alpha value is -1.55. The molecule has 0 aliphatic carbocycles. The van der Waals surface area contributed by atoms with E-state index in [0.717, 1.165) is 45.6 Å². The van der Waals surface area contributed by atoms with Gasteiger partial charge in [0.15, 0.2) is 0 Å². The Morgan fingerprint density at radius 2 is 2.08 bits per heavy atom. The van der Waals surface area contributed by atoms with E-state index in [4.69, 9.17) is 0 Å². The summed E-state index contributed by atoms with van der Waals surface area (Å²) in [6.45, 7) is 7.14. The summed E-state index contributed by atoms with van der Waals surface area (Å²) in [6, 6.07) is 8.83. The van der Waals surface area contributed by atoms with Crippen LogP contribution in [0.3, 0.4) is 0 Å². The first-order valence-electron chi connectivity index (χ1n) is 9.64. The number of carbonyl (C=O) groups is 1. The SMILES string of the molecule is CCN1CCCC[C@H]1C(=O)NCCCN1CCCc2ccccc21. The van der Waals surface area contributed by atoms with Crippen molar-refractivity contribution in [3.63, 3.8) is 0 Å². The number of benzene rings is 1. The molecule has 0 spiro atoms. The van der Waals surface area contributed by atoms with Gasteiger partial charge in [-0.05, 0) is 56.8 Å². The Bertz CT molecular complexity index is 545. The molecule has 1 aromatic rings. The van der Waals surface area contributed by atoms with Crippen molar-refractivity contribution in [3.05, 3.63) is 29.8 Å². The Labute approximate surface area is 146 Å². The van der Waals surface area contributed by atoms with Gasteiger partial charge >= 0.3 is 0 Å². The first-order valence-corrected chi connectivity index (χ1v) is 9.64. The number of para-hydroxylation sites is 1. The number of fused-ring (bicyclic) bond motifs is 1. The van der Waals surface area contributed by atoms with Gasteiger partial charge in [-0.2, -0.15) is 0 Å². The van der Waals surface area contributed by atoms with Crippen molar-refractivity contribution in [1.29, 1.82) is 0 Å². The maximum atomic E-state index is 12.5. The molecule has 1 saturated heterocycles. The minimum absolute atomic E-state index is 0.0967. The molecule has 132 valence electrons. The summed E-state index contributed by atoms with van der Waals surface area (Å²) in [7, 11) is 0. The van der Waals surface area contributed by atoms with Gasteiger partial charge in [0.1, 0.15) is 0 Å². The van der Waals surface area contributed by atoms with E-state index in [2.05, 4.69) is 46.3 Å². The van der Waals surface area contributed by atoms with Gasteiger partial charge in [0.05, 0.1) is 6.04 Å². The predicted octanol–water partition coefficient (Wildman–Crippen LogP) is 2.82. The minimum Gasteiger partial charge on any atom is -0.371 e. The fourth-order valence-corrected chi connectivity index (χ4v) is 4.11. The number of nitrogens with zero attached hydrogens (tertiary/aromatic N) is 2. The van der Waals surface area contributed by atoms with Crippen LogP contribution < -0.4 is 10.2 Å². The number of anilines is 1. The van der Waals surface area contributed by atoms with E-state index >= 15 is 0 Å². The van der Waals surface area contributed by atoms with Crippen molar-refractivity contribution < 1.29 is 4.79 Å². The molecule has 3 rings (SSSR count). The van der Waals surface area contributed by atoms with E-state index < -0.39 is 0 Å². The molecule has 0 unspecified atom stereocenters. The van der Waals surface area contributed by atoms with Crippen molar-refractivity contribution in [3.8, 4) is 0 Å². The second-order valence-corrected chi connectivity index (χ2v) is 7.00. The van der Waals surface area contributed by atoms with Gasteiger partial charge < -0.3 is 10.2 Å². The summed E-state index contributed by atoms with van der Waals surface area (Å²) in [4.78, 5) is 17.2. The highest BCUT2D eigenvalue weighted by molar-refractivity contribution is 5.81. The molecule has 1 fully saturated rings. The molecule has 2 aliphatic rings. The zero-order valence-electron chi connectivity index (χ0n) is 15.0. The lowest BCUT2D eigenvalue weighted by molar-refractivity contribution is -0.127. The zero-order chi connectivity index (χ0) is 16.8. The smallest absolute Gasteiger partial charge is 0.237 e. The van der Waals surface area contributed by atoms with Gasteiger partial charge in [0, 0.05) is 25.3 Å². The lowest BCUT2D eigenvalue weighted by Crippen LogP contribution is -2.49. The molecule has 4 heteroatoms. The van der Waals surface area contributed by atoms with E-state index in [1.54, 1.807) is 0 Å². The monoisotopic (exact) mass is 329 g/mol. The highest BCUT2D eigenvalue weighted by Crippen LogP contribution is 2.26. The first kappa shape index (κ1) is 17.3. The normalized spacial score (nSPS) is 21.4. The van der Waals surface area contributed by atoms with Crippen molar-refractivity contribution >= 4 is 11.6 Å². The van der Waals surface area contributed by atoms with Gasteiger partial charge in [-0.1, -0.05) is 31.5 Å². The number of amides is 1. The number of hydrogen-bond donors (Lipinski definition) is 1. The second-order valence-electron chi connectivity index (χ2n) is 7.00. The second kappa shape index (κ2) is 8.52. The quantitative estimate of drug-likeness (QED) is 0.815. The Balaban J connectivity index is 1.43. The molecular weight excluding hydrogens is 298 g/mol. The summed E-state index contributed by atoms with van der Waals surface area (Å²) in [5, 5.41) is 3.17. The first-order chi connectivity index (χ1) is 11.8. The molecule has 24 heavy (non-hydrogen) atoms. The van der Waals surface area contributed by atoms with Crippen molar-refractivity contribution in [2.24, 2.45) is 0 Å². The molecule has 0 aromatic heterocycles. The Morgan fingerprint density at radius 3 is 2.96 bits per heavy atom. The lowest BCUT2D eigenvalue weighted by atomic mass is 10.0. The minimum atomic E-state index is 0.0967. The molecule has 1 N–H and O–H groups in total. The number of rotatable bonds is 6. The van der Waals surface area contributed by atoms with E-state index in [1.807, 2.05) is 0 Å². The third-order valence-electron chi connectivity index (χ3n) is 5.43. The van der Waals surface area contributed by atoms with Crippen LogP contribution in [-0.4, -0.2) is 49.6 Å². The van der Waals surface area contributed by atoms with Gasteiger partial charge in [-0.25, -0.2) is 0 Å². The molecule has 1 amide bonds. The van der Waals surface area contributed by atoms with Crippen LogP contribution in [0.25, 0.3) is 0 Å². The molecule has 0 bridgehead atoms. The average Bonchev–Trinajstić information content (AvgIpc) is 2.65. The molecular formula is C20H31N3O. The van der Waals surface area contributed by atoms with Gasteiger partial charge in [-0.3, -0.25) is 9.69 Å². The molecule has 0 saturated carbocycles. The highest BCUT2D eigenvalue weighted by atomic mass is 16.2. The fourth-order valence-electron chi connectivity index (χ4n) is 4.11. The summed E-state index contributed by atoms with van der Waals surface area (Å²) in [5.74, 6) is 0.232. The standard InChI is InChI=1S/C20H31N3O/c1-2-22-14-6-5-12-19(22)20(24)21-13-8-16-23-15-7-10-17-9-3-4-11-18(17)23/h3-4,9,11,19H,2,5-8,10,12-16H2,1H3,(H,21,24)/t19-/m0/s1. The van der Waals surface area contributed by atoms with Crippen LogP contribution in [0.4, 0.5) is 5.69 Å². The third-order valence-corrected chi connectivity index (χ3v) is 5.43. The van der Waals surface area contributed by atoms with Crippen LogP contribution >= 0.6 is 0 Å². The number of likely N-dealkylation sites (tertiary alicyclic amines) is 1. The predicted molar refractivity (Wildman–Crippen MR) is 99.5 cm³/mol. The number of carbonyl (C=O) groups excluding carboxylic acids is 1. The van der Waals surface area contributed by atoms with Crippen molar-refractivity contribution in [1.82, 2.24) is 10.2 Å². The molecule has 1 atom stereocenters. The summed E-state index contributed by atoms with van der Waals surface area (Å²) < 4.78 is 0. The number of hydrogen-bond acceptors (Lipinski definition) is 3. The van der Waals surface area contributed by atoms with Crippen LogP contribution in [0.5, 0.6) is 0 Å². The van der Waals surface area contributed by atoms with Gasteiger partial charge in [0.2, 0.25) is 5.91 Å². The number of aryl methyl sites for hydroxylation is 1. The third kappa shape index (κ3) is 4.10. The molecule has 2 heterocycles. The summed E-state index contributed by atoms with van der Waals surface area (Å²) >= 11 is 0. The highest BCUT2D eigenvalue weighted by Gasteiger charge is 2.27. The number of piperidine rings is 1. The average molecular weight is 329 g/mol. The topological polar surface area (TPSA) is 35.6 Å². The molecule has 4 nitrogen and oxygen atoms in total. The van der Waals surface area contributed by atoms with Gasteiger partial charge in [0.25, 0.3) is 0 Å². The van der Waals surface area contributed by atoms with Crippen LogP contribution in [0.15, 0.2) is 24.3 Å². The molecule has 0 radical (unpaired) electrons. The number of nitrogens with one attached hydrogen (secondary N) is 1. The van der Waals surface area contributed by atoms with Crippen LogP contribution in [-0.2, 0) is 11.2 Å². The van der Waals surface area contributed by atoms with Crippen molar-refractivity contribution in [2.45, 2.75) is 51.5 Å². The largest absolute Gasteiger partial charge is 0.371 e. The van der Waals surface area contributed by atoms with Gasteiger partial charge in [-0.15, -0.1) is 0 Å². The summed E-state index contributed by atoms with van der Waals surface area (Å²) in [6.07, 6.45) is 6.86. The van der Waals surface area contributed by atoms with E-state index in [9.17, 15) is 4.79 Å². The van der Waals surface area contributed by atoms with Crippen molar-refractivity contribution in [2.75, 3.05) is 37.6 Å². The number of likely N-dealkylation sites (N-methyl/N-ethyl adjacent to an activating group) is 1. The van der Waals surface area contributed by atoms with E-state index in [-0.39, 0.29) is 11.9 Å². The van der Waals surface area contributed by atoms with E-state index in [0.29, 0.717) is 0 Å². The fraction of sp³-hybridized carbons (Fsp3) is 0.650. The molecule has 2 aliphatic heterocycles. The van der Waals surface area contributed by atoms with Crippen LogP contribution in [0, 0.1) is 0 Å². The maximum Gasteiger partial charge on any atom is 0.237 e. The molecule has 1 aromatic carbocycles. The Morgan fingerprint density at radius 1 is 1.21 bits per heavy atom. The van der Waals surface area contributed by atoms with E-state index in [1.165, 1.54) is 36.9 Å². The Kier molecular flexibility index (Phi) is 6.13.